The summed E-state index contributed by atoms with van der Waals surface area (Å²) in [7, 11) is 0. The topological polar surface area (TPSA) is 84.8 Å². The number of benzene rings is 1. The quantitative estimate of drug-likeness (QED) is 0.579. The van der Waals surface area contributed by atoms with Gasteiger partial charge in [0.1, 0.15) is 6.10 Å². The molecule has 4 N–H and O–H groups in total. The van der Waals surface area contributed by atoms with Crippen molar-refractivity contribution in [2.75, 3.05) is 4.90 Å². The molecule has 1 amide bonds. The maximum atomic E-state index is 12.8. The van der Waals surface area contributed by atoms with Crippen molar-refractivity contribution in [3.63, 3.8) is 0 Å². The molecule has 1 aromatic carbocycles. The first-order valence-electron chi connectivity index (χ1n) is 8.47. The van der Waals surface area contributed by atoms with Crippen LogP contribution in [0.15, 0.2) is 24.3 Å². The van der Waals surface area contributed by atoms with Gasteiger partial charge < -0.3 is 25.7 Å². The van der Waals surface area contributed by atoms with Gasteiger partial charge in [0.25, 0.3) is 0 Å². The number of rotatable bonds is 3. The van der Waals surface area contributed by atoms with Gasteiger partial charge >= 0.3 is 0 Å². The van der Waals surface area contributed by atoms with Crippen LogP contribution in [0.4, 0.5) is 5.69 Å². The normalized spacial score (nSPS) is 34.4. The van der Waals surface area contributed by atoms with E-state index in [2.05, 4.69) is 10.6 Å². The minimum Gasteiger partial charge on any atom is -0.390 e. The van der Waals surface area contributed by atoms with Crippen LogP contribution in [0.3, 0.4) is 0 Å². The highest BCUT2D eigenvalue weighted by Gasteiger charge is 2.54. The number of carbonyl (C=O) groups excluding carboxylic acids is 1. The Balaban J connectivity index is 1.68. The van der Waals surface area contributed by atoms with Gasteiger partial charge in [-0.3, -0.25) is 4.79 Å². The Morgan fingerprint density at radius 3 is 2.60 bits per heavy atom. The zero-order valence-corrected chi connectivity index (χ0v) is 15.0. The van der Waals surface area contributed by atoms with Gasteiger partial charge in [0.15, 0.2) is 5.11 Å². The first-order chi connectivity index (χ1) is 12.0. The van der Waals surface area contributed by atoms with Crippen LogP contribution in [0.2, 0.25) is 5.02 Å². The van der Waals surface area contributed by atoms with Crippen molar-refractivity contribution in [1.82, 2.24) is 10.6 Å². The summed E-state index contributed by atoms with van der Waals surface area (Å²) in [5, 5.41) is 27.8. The third kappa shape index (κ3) is 3.10. The SMILES string of the molecule is O=C(NC1CC1)C1CC(O)C(O)C2NC(=S)N(c3ccc(Cl)cc3)C12. The molecular weight excluding hydrogens is 362 g/mol. The van der Waals surface area contributed by atoms with E-state index in [9.17, 15) is 15.0 Å². The van der Waals surface area contributed by atoms with E-state index in [-0.39, 0.29) is 24.4 Å². The molecule has 2 aliphatic carbocycles. The lowest BCUT2D eigenvalue weighted by Crippen LogP contribution is -2.61. The fraction of sp³-hybridized carbons (Fsp3) is 0.529. The highest BCUT2D eigenvalue weighted by atomic mass is 35.5. The molecule has 25 heavy (non-hydrogen) atoms. The van der Waals surface area contributed by atoms with Crippen LogP contribution >= 0.6 is 23.8 Å². The first-order valence-corrected chi connectivity index (χ1v) is 9.26. The second kappa shape index (κ2) is 6.39. The van der Waals surface area contributed by atoms with Crippen LogP contribution in [0.5, 0.6) is 0 Å². The van der Waals surface area contributed by atoms with E-state index in [1.54, 1.807) is 12.1 Å². The summed E-state index contributed by atoms with van der Waals surface area (Å²) in [6.07, 6.45) is 0.252. The lowest BCUT2D eigenvalue weighted by atomic mass is 9.77. The monoisotopic (exact) mass is 381 g/mol. The van der Waals surface area contributed by atoms with Crippen molar-refractivity contribution in [2.45, 2.75) is 49.6 Å². The zero-order chi connectivity index (χ0) is 17.7. The van der Waals surface area contributed by atoms with Gasteiger partial charge in [-0.2, -0.15) is 0 Å². The predicted octanol–water partition coefficient (Wildman–Crippen LogP) is 0.792. The summed E-state index contributed by atoms with van der Waals surface area (Å²) in [6, 6.07) is 6.59. The molecule has 1 aromatic rings. The summed E-state index contributed by atoms with van der Waals surface area (Å²) in [6.45, 7) is 0. The van der Waals surface area contributed by atoms with Gasteiger partial charge in [-0.15, -0.1) is 0 Å². The van der Waals surface area contributed by atoms with Gasteiger partial charge in [-0.1, -0.05) is 11.6 Å². The Kier molecular flexibility index (Phi) is 4.35. The highest BCUT2D eigenvalue weighted by Crippen LogP contribution is 2.37. The molecule has 1 aliphatic heterocycles. The number of aliphatic hydroxyl groups is 2. The number of nitrogens with zero attached hydrogens (tertiary/aromatic N) is 1. The molecular formula is C17H20ClN3O3S. The lowest BCUT2D eigenvalue weighted by molar-refractivity contribution is -0.131. The number of hydrogen-bond acceptors (Lipinski definition) is 4. The van der Waals surface area contributed by atoms with Gasteiger partial charge in [-0.25, -0.2) is 0 Å². The van der Waals surface area contributed by atoms with Crippen molar-refractivity contribution in [1.29, 1.82) is 0 Å². The zero-order valence-electron chi connectivity index (χ0n) is 13.4. The summed E-state index contributed by atoms with van der Waals surface area (Å²) < 4.78 is 0. The van der Waals surface area contributed by atoms with Crippen LogP contribution in [-0.4, -0.2) is 51.6 Å². The Morgan fingerprint density at radius 1 is 1.28 bits per heavy atom. The maximum Gasteiger partial charge on any atom is 0.225 e. The van der Waals surface area contributed by atoms with Gasteiger partial charge in [0.2, 0.25) is 5.91 Å². The number of nitrogens with one attached hydrogen (secondary N) is 2. The fourth-order valence-electron chi connectivity index (χ4n) is 3.78. The molecule has 6 nitrogen and oxygen atoms in total. The first kappa shape index (κ1) is 17.0. The van der Waals surface area contributed by atoms with E-state index in [1.807, 2.05) is 17.0 Å². The van der Waals surface area contributed by atoms with Crippen LogP contribution in [0.1, 0.15) is 19.3 Å². The molecule has 5 atom stereocenters. The molecule has 0 spiro atoms. The molecule has 8 heteroatoms. The smallest absolute Gasteiger partial charge is 0.225 e. The molecule has 3 aliphatic rings. The van der Waals surface area contributed by atoms with Gasteiger partial charge in [0.05, 0.1) is 24.1 Å². The fourth-order valence-corrected chi connectivity index (χ4v) is 4.27. The number of carbonyl (C=O) groups is 1. The Bertz CT molecular complexity index is 697. The number of hydrogen-bond donors (Lipinski definition) is 4. The lowest BCUT2D eigenvalue weighted by Gasteiger charge is -2.41. The van der Waals surface area contributed by atoms with Crippen molar-refractivity contribution in [3.8, 4) is 0 Å². The largest absolute Gasteiger partial charge is 0.390 e. The second-order valence-electron chi connectivity index (χ2n) is 7.00. The Morgan fingerprint density at radius 2 is 1.96 bits per heavy atom. The van der Waals surface area contributed by atoms with Crippen LogP contribution in [0, 0.1) is 5.92 Å². The Labute approximate surface area is 156 Å². The van der Waals surface area contributed by atoms with Gasteiger partial charge in [-0.05, 0) is 55.7 Å². The van der Waals surface area contributed by atoms with Crippen LogP contribution in [-0.2, 0) is 4.79 Å². The van der Waals surface area contributed by atoms with E-state index < -0.39 is 24.2 Å². The number of amides is 1. The molecule has 134 valence electrons. The summed E-state index contributed by atoms with van der Waals surface area (Å²) in [4.78, 5) is 14.6. The van der Waals surface area contributed by atoms with Crippen molar-refractivity contribution < 1.29 is 15.0 Å². The minimum atomic E-state index is -0.981. The summed E-state index contributed by atoms with van der Waals surface area (Å²) >= 11 is 11.4. The number of aliphatic hydroxyl groups excluding tert-OH is 2. The van der Waals surface area contributed by atoms with Crippen molar-refractivity contribution >= 4 is 40.5 Å². The third-order valence-electron chi connectivity index (χ3n) is 5.21. The molecule has 0 radical (unpaired) electrons. The minimum absolute atomic E-state index is 0.0890. The molecule has 3 fully saturated rings. The van der Waals surface area contributed by atoms with E-state index >= 15 is 0 Å². The molecule has 4 rings (SSSR count). The van der Waals surface area contributed by atoms with Gasteiger partial charge in [0, 0.05) is 16.8 Å². The standard InChI is InChI=1S/C17H20ClN3O3S/c18-8-1-5-10(6-2-8)21-14-11(16(24)19-9-3-4-9)7-12(22)15(23)13(14)20-17(21)25/h1-2,5-6,9,11-15,22-23H,3-4,7H2,(H,19,24)(H,20,25). The van der Waals surface area contributed by atoms with E-state index in [1.165, 1.54) is 0 Å². The second-order valence-corrected chi connectivity index (χ2v) is 7.82. The van der Waals surface area contributed by atoms with E-state index in [0.717, 1.165) is 18.5 Å². The molecule has 5 unspecified atom stereocenters. The number of halogens is 1. The Hall–Kier alpha value is -1.41. The average Bonchev–Trinajstić information content (AvgIpc) is 3.32. The molecule has 2 saturated carbocycles. The van der Waals surface area contributed by atoms with Crippen LogP contribution in [0.25, 0.3) is 0 Å². The molecule has 1 heterocycles. The van der Waals surface area contributed by atoms with E-state index in [4.69, 9.17) is 23.8 Å². The maximum absolute atomic E-state index is 12.8. The molecule has 1 saturated heterocycles. The average molecular weight is 382 g/mol. The number of anilines is 1. The van der Waals surface area contributed by atoms with E-state index in [0.29, 0.717) is 10.1 Å². The van der Waals surface area contributed by atoms with Crippen molar-refractivity contribution in [3.05, 3.63) is 29.3 Å². The van der Waals surface area contributed by atoms with Crippen molar-refractivity contribution in [2.24, 2.45) is 5.92 Å². The summed E-state index contributed by atoms with van der Waals surface area (Å²) in [5.41, 5.74) is 0.808. The molecule has 0 bridgehead atoms. The van der Waals surface area contributed by atoms with Crippen LogP contribution < -0.4 is 15.5 Å². The number of fused-ring (bicyclic) bond motifs is 1. The predicted molar refractivity (Wildman–Crippen MR) is 98.5 cm³/mol. The highest BCUT2D eigenvalue weighted by molar-refractivity contribution is 7.80. The third-order valence-corrected chi connectivity index (χ3v) is 5.78. The molecule has 0 aromatic heterocycles. The summed E-state index contributed by atoms with van der Waals surface area (Å²) in [5.74, 6) is -0.554. The number of thiocarbonyl (C=S) groups is 1.